The second-order valence-corrected chi connectivity index (χ2v) is 4.49. The van der Waals surface area contributed by atoms with E-state index in [1.807, 2.05) is 0 Å². The van der Waals surface area contributed by atoms with Gasteiger partial charge in [-0.1, -0.05) is 30.4 Å². The van der Waals surface area contributed by atoms with E-state index in [0.717, 1.165) is 6.54 Å². The molecule has 1 atom stereocenters. The molecule has 0 fully saturated rings. The summed E-state index contributed by atoms with van der Waals surface area (Å²) in [6.45, 7) is 0.991. The van der Waals surface area contributed by atoms with E-state index >= 15 is 0 Å². The Morgan fingerprint density at radius 1 is 1.12 bits per heavy atom. The largest absolute Gasteiger partial charge is 0.372 e. The maximum atomic E-state index is 2.32. The Morgan fingerprint density at radius 2 is 2.00 bits per heavy atom. The second-order valence-electron chi connectivity index (χ2n) is 4.49. The molecule has 2 heterocycles. The van der Waals surface area contributed by atoms with E-state index in [9.17, 15) is 0 Å². The zero-order valence-electron chi connectivity index (χ0n) is 9.95. The predicted octanol–water partition coefficient (Wildman–Crippen LogP) is 3.03. The lowest BCUT2D eigenvalue weighted by Crippen LogP contribution is -2.30. The lowest BCUT2D eigenvalue weighted by molar-refractivity contribution is 0.346. The van der Waals surface area contributed by atoms with Gasteiger partial charge in [0.15, 0.2) is 0 Å². The number of nitrogens with zero attached hydrogens (tertiary/aromatic N) is 2. The number of likely N-dealkylation sites (N-methyl/N-ethyl adjacent to an activating group) is 1. The standard InChI is InChI=1S/C15H16N2/c1-16-10-5-4-7-14(16)12-17-11-9-13-6-2-3-8-15(13)17/h2-11,14H,12H2,1H3. The molecule has 1 aliphatic heterocycles. The Hall–Kier alpha value is -1.96. The fourth-order valence-corrected chi connectivity index (χ4v) is 2.32. The highest BCUT2D eigenvalue weighted by Crippen LogP contribution is 2.17. The lowest BCUT2D eigenvalue weighted by atomic mass is 10.2. The van der Waals surface area contributed by atoms with Gasteiger partial charge in [-0.05, 0) is 29.8 Å². The molecule has 1 aliphatic rings. The van der Waals surface area contributed by atoms with Gasteiger partial charge in [-0.15, -0.1) is 0 Å². The van der Waals surface area contributed by atoms with Crippen molar-refractivity contribution < 1.29 is 0 Å². The number of hydrogen-bond donors (Lipinski definition) is 0. The molecule has 0 saturated carbocycles. The predicted molar refractivity (Wildman–Crippen MR) is 71.8 cm³/mol. The third-order valence-corrected chi connectivity index (χ3v) is 3.35. The minimum atomic E-state index is 0.441. The molecule has 2 nitrogen and oxygen atoms in total. The number of para-hydroxylation sites is 1. The molecule has 86 valence electrons. The summed E-state index contributed by atoms with van der Waals surface area (Å²) >= 11 is 0. The summed E-state index contributed by atoms with van der Waals surface area (Å²) in [6.07, 6.45) is 10.7. The highest BCUT2D eigenvalue weighted by Gasteiger charge is 2.12. The molecule has 2 heteroatoms. The molecular weight excluding hydrogens is 208 g/mol. The van der Waals surface area contributed by atoms with E-state index < -0.39 is 0 Å². The molecule has 0 spiro atoms. The van der Waals surface area contributed by atoms with Crippen LogP contribution in [0.2, 0.25) is 0 Å². The first-order chi connectivity index (χ1) is 8.34. The molecule has 0 saturated heterocycles. The van der Waals surface area contributed by atoms with Gasteiger partial charge >= 0.3 is 0 Å². The molecule has 1 aromatic heterocycles. The fraction of sp³-hybridized carbons (Fsp3) is 0.200. The van der Waals surface area contributed by atoms with Crippen molar-refractivity contribution in [2.45, 2.75) is 12.6 Å². The van der Waals surface area contributed by atoms with Crippen molar-refractivity contribution in [1.29, 1.82) is 0 Å². The zero-order chi connectivity index (χ0) is 11.7. The molecule has 1 unspecified atom stereocenters. The molecule has 17 heavy (non-hydrogen) atoms. The molecule has 0 bridgehead atoms. The quantitative estimate of drug-likeness (QED) is 0.761. The van der Waals surface area contributed by atoms with Gasteiger partial charge in [0.2, 0.25) is 0 Å². The van der Waals surface area contributed by atoms with E-state index in [4.69, 9.17) is 0 Å². The summed E-state index contributed by atoms with van der Waals surface area (Å²) in [4.78, 5) is 2.24. The first kappa shape index (κ1) is 10.2. The number of allylic oxidation sites excluding steroid dienone is 2. The number of aromatic nitrogens is 1. The number of fused-ring (bicyclic) bond motifs is 1. The van der Waals surface area contributed by atoms with Gasteiger partial charge in [0.1, 0.15) is 0 Å². The molecule has 3 rings (SSSR count). The van der Waals surface area contributed by atoms with Crippen LogP contribution in [0, 0.1) is 0 Å². The molecule has 0 aliphatic carbocycles. The number of benzene rings is 1. The monoisotopic (exact) mass is 224 g/mol. The minimum absolute atomic E-state index is 0.441. The topological polar surface area (TPSA) is 8.17 Å². The summed E-state index contributed by atoms with van der Waals surface area (Å²) in [5, 5.41) is 1.31. The first-order valence-corrected chi connectivity index (χ1v) is 5.95. The van der Waals surface area contributed by atoms with E-state index in [2.05, 4.69) is 77.5 Å². The average molecular weight is 224 g/mol. The number of rotatable bonds is 2. The van der Waals surface area contributed by atoms with Gasteiger partial charge < -0.3 is 9.47 Å². The highest BCUT2D eigenvalue weighted by molar-refractivity contribution is 5.79. The summed E-state index contributed by atoms with van der Waals surface area (Å²) in [7, 11) is 2.12. The summed E-state index contributed by atoms with van der Waals surface area (Å²) in [6, 6.07) is 11.1. The summed E-state index contributed by atoms with van der Waals surface area (Å²) in [5.41, 5.74) is 1.31. The fourth-order valence-electron chi connectivity index (χ4n) is 2.32. The minimum Gasteiger partial charge on any atom is -0.372 e. The maximum Gasteiger partial charge on any atom is 0.0646 e. The molecule has 0 radical (unpaired) electrons. The van der Waals surface area contributed by atoms with Gasteiger partial charge in [-0.2, -0.15) is 0 Å². The third-order valence-electron chi connectivity index (χ3n) is 3.35. The van der Waals surface area contributed by atoms with Crippen LogP contribution in [0.25, 0.3) is 10.9 Å². The van der Waals surface area contributed by atoms with Crippen LogP contribution in [0.1, 0.15) is 0 Å². The van der Waals surface area contributed by atoms with Crippen LogP contribution in [0.3, 0.4) is 0 Å². The molecule has 0 amide bonds. The number of hydrogen-bond acceptors (Lipinski definition) is 1. The Balaban J connectivity index is 1.90. The van der Waals surface area contributed by atoms with Crippen molar-refractivity contribution in [3.05, 3.63) is 61.0 Å². The Morgan fingerprint density at radius 3 is 2.88 bits per heavy atom. The molecular formula is C15H16N2. The highest BCUT2D eigenvalue weighted by atomic mass is 15.1. The third kappa shape index (κ3) is 1.86. The maximum absolute atomic E-state index is 2.32. The lowest BCUT2D eigenvalue weighted by Gasteiger charge is -2.26. The van der Waals surface area contributed by atoms with Crippen LogP contribution in [0.4, 0.5) is 0 Å². The second kappa shape index (κ2) is 4.13. The van der Waals surface area contributed by atoms with Crippen LogP contribution in [-0.4, -0.2) is 22.6 Å². The first-order valence-electron chi connectivity index (χ1n) is 5.95. The Labute approximate surface area is 101 Å². The summed E-state index contributed by atoms with van der Waals surface area (Å²) in [5.74, 6) is 0. The van der Waals surface area contributed by atoms with Crippen molar-refractivity contribution in [1.82, 2.24) is 9.47 Å². The van der Waals surface area contributed by atoms with E-state index in [0.29, 0.717) is 6.04 Å². The molecule has 0 N–H and O–H groups in total. The van der Waals surface area contributed by atoms with E-state index in [1.54, 1.807) is 0 Å². The Kier molecular flexibility index (Phi) is 2.48. The van der Waals surface area contributed by atoms with Crippen LogP contribution in [0.15, 0.2) is 61.0 Å². The van der Waals surface area contributed by atoms with Crippen LogP contribution >= 0.6 is 0 Å². The normalized spacial score (nSPS) is 19.1. The van der Waals surface area contributed by atoms with Crippen LogP contribution in [0.5, 0.6) is 0 Å². The van der Waals surface area contributed by atoms with Crippen LogP contribution in [-0.2, 0) is 6.54 Å². The summed E-state index contributed by atoms with van der Waals surface area (Å²) < 4.78 is 2.32. The van der Waals surface area contributed by atoms with E-state index in [-0.39, 0.29) is 0 Å². The van der Waals surface area contributed by atoms with Crippen molar-refractivity contribution in [3.63, 3.8) is 0 Å². The van der Waals surface area contributed by atoms with Gasteiger partial charge in [0, 0.05) is 25.3 Å². The van der Waals surface area contributed by atoms with Crippen molar-refractivity contribution in [2.24, 2.45) is 0 Å². The van der Waals surface area contributed by atoms with Gasteiger partial charge in [-0.25, -0.2) is 0 Å². The average Bonchev–Trinajstić information content (AvgIpc) is 2.76. The van der Waals surface area contributed by atoms with Crippen molar-refractivity contribution in [2.75, 3.05) is 7.05 Å². The van der Waals surface area contributed by atoms with Crippen molar-refractivity contribution in [3.8, 4) is 0 Å². The zero-order valence-corrected chi connectivity index (χ0v) is 9.95. The smallest absolute Gasteiger partial charge is 0.0646 e. The Bertz CT molecular complexity index is 577. The SMILES string of the molecule is CN1C=CC=CC1Cn1ccc2ccccc21. The van der Waals surface area contributed by atoms with Gasteiger partial charge in [-0.3, -0.25) is 0 Å². The van der Waals surface area contributed by atoms with E-state index in [1.165, 1.54) is 10.9 Å². The molecule has 2 aromatic rings. The van der Waals surface area contributed by atoms with Crippen LogP contribution < -0.4 is 0 Å². The van der Waals surface area contributed by atoms with Crippen molar-refractivity contribution >= 4 is 10.9 Å². The molecule has 1 aromatic carbocycles. The van der Waals surface area contributed by atoms with Gasteiger partial charge in [0.05, 0.1) is 6.04 Å². The van der Waals surface area contributed by atoms with Gasteiger partial charge in [0.25, 0.3) is 0 Å².